The summed E-state index contributed by atoms with van der Waals surface area (Å²) in [5.41, 5.74) is 2.81. The molecule has 176 valence electrons. The Kier molecular flexibility index (Phi) is 8.64. The highest BCUT2D eigenvalue weighted by Crippen LogP contribution is 2.19. The summed E-state index contributed by atoms with van der Waals surface area (Å²) in [5, 5.41) is 2.99. The molecule has 0 aliphatic heterocycles. The molecule has 0 bridgehead atoms. The van der Waals surface area contributed by atoms with E-state index in [1.165, 1.54) is 0 Å². The van der Waals surface area contributed by atoms with E-state index in [9.17, 15) is 9.59 Å². The van der Waals surface area contributed by atoms with Gasteiger partial charge in [-0.3, -0.25) is 9.59 Å². The molecule has 1 N–H and O–H groups in total. The quantitative estimate of drug-likeness (QED) is 0.474. The molecule has 1 heterocycles. The zero-order chi connectivity index (χ0) is 23.8. The summed E-state index contributed by atoms with van der Waals surface area (Å²) in [6.45, 7) is 9.18. The predicted octanol–water partition coefficient (Wildman–Crippen LogP) is 4.36. The molecule has 6 nitrogen and oxygen atoms in total. The third-order valence-electron chi connectivity index (χ3n) is 6.32. The molecule has 0 aliphatic rings. The van der Waals surface area contributed by atoms with Crippen molar-refractivity contribution in [2.75, 3.05) is 6.54 Å². The predicted molar refractivity (Wildman–Crippen MR) is 133 cm³/mol. The van der Waals surface area contributed by atoms with E-state index in [-0.39, 0.29) is 30.4 Å². The van der Waals surface area contributed by atoms with Crippen LogP contribution in [0.15, 0.2) is 54.6 Å². The van der Waals surface area contributed by atoms with E-state index < -0.39 is 0 Å². The van der Waals surface area contributed by atoms with Gasteiger partial charge < -0.3 is 14.8 Å². The average Bonchev–Trinajstić information content (AvgIpc) is 3.16. The number of benzene rings is 2. The average molecular weight is 449 g/mol. The molecular formula is C27H36N4O2. The van der Waals surface area contributed by atoms with Crippen LogP contribution in [0.25, 0.3) is 11.0 Å². The van der Waals surface area contributed by atoms with Crippen LogP contribution in [-0.4, -0.2) is 44.9 Å². The Morgan fingerprint density at radius 3 is 2.27 bits per heavy atom. The molecule has 2 aromatic carbocycles. The molecule has 0 radical (unpaired) electrons. The van der Waals surface area contributed by atoms with Crippen LogP contribution >= 0.6 is 0 Å². The van der Waals surface area contributed by atoms with Crippen molar-refractivity contribution in [1.29, 1.82) is 0 Å². The Morgan fingerprint density at radius 1 is 0.970 bits per heavy atom. The topological polar surface area (TPSA) is 67.2 Å². The molecule has 2 unspecified atom stereocenters. The van der Waals surface area contributed by atoms with E-state index in [1.54, 1.807) is 0 Å². The van der Waals surface area contributed by atoms with Gasteiger partial charge in [-0.05, 0) is 44.4 Å². The van der Waals surface area contributed by atoms with Crippen LogP contribution in [-0.2, 0) is 29.0 Å². The maximum atomic E-state index is 13.4. The highest BCUT2D eigenvalue weighted by Gasteiger charge is 2.25. The van der Waals surface area contributed by atoms with Crippen LogP contribution in [0.3, 0.4) is 0 Å². The number of carbonyl (C=O) groups is 2. The largest absolute Gasteiger partial charge is 0.355 e. The molecule has 3 rings (SSSR count). The third kappa shape index (κ3) is 6.21. The van der Waals surface area contributed by atoms with Gasteiger partial charge in [-0.25, -0.2) is 4.98 Å². The SMILES string of the molecule is CCC(C)N(C(=O)Cn1c(CCNC(=O)Cc2ccccc2)nc2ccccc21)C(C)CC. The van der Waals surface area contributed by atoms with Crippen molar-refractivity contribution < 1.29 is 9.59 Å². The molecular weight excluding hydrogens is 412 g/mol. The monoisotopic (exact) mass is 448 g/mol. The van der Waals surface area contributed by atoms with Crippen molar-refractivity contribution in [2.45, 2.75) is 72.0 Å². The van der Waals surface area contributed by atoms with Gasteiger partial charge in [-0.15, -0.1) is 0 Å². The van der Waals surface area contributed by atoms with Gasteiger partial charge in [0.2, 0.25) is 11.8 Å². The number of nitrogens with zero attached hydrogens (tertiary/aromatic N) is 3. The van der Waals surface area contributed by atoms with Gasteiger partial charge in [-0.1, -0.05) is 56.3 Å². The smallest absolute Gasteiger partial charge is 0.243 e. The van der Waals surface area contributed by atoms with E-state index >= 15 is 0 Å². The number of carbonyl (C=O) groups excluding carboxylic acids is 2. The zero-order valence-electron chi connectivity index (χ0n) is 20.3. The van der Waals surface area contributed by atoms with Crippen LogP contribution < -0.4 is 5.32 Å². The minimum atomic E-state index is -0.0142. The molecule has 33 heavy (non-hydrogen) atoms. The second kappa shape index (κ2) is 11.6. The van der Waals surface area contributed by atoms with E-state index in [1.807, 2.05) is 64.1 Å². The van der Waals surface area contributed by atoms with Gasteiger partial charge >= 0.3 is 0 Å². The number of imidazole rings is 1. The molecule has 2 amide bonds. The molecule has 0 saturated heterocycles. The van der Waals surface area contributed by atoms with E-state index in [0.29, 0.717) is 19.4 Å². The lowest BCUT2D eigenvalue weighted by Gasteiger charge is -2.34. The summed E-state index contributed by atoms with van der Waals surface area (Å²) in [6, 6.07) is 18.0. The van der Waals surface area contributed by atoms with Crippen LogP contribution in [0.2, 0.25) is 0 Å². The number of hydrogen-bond acceptors (Lipinski definition) is 3. The first-order valence-corrected chi connectivity index (χ1v) is 12.0. The fraction of sp³-hybridized carbons (Fsp3) is 0.444. The summed E-state index contributed by atoms with van der Waals surface area (Å²) in [6.07, 6.45) is 2.76. The summed E-state index contributed by atoms with van der Waals surface area (Å²) < 4.78 is 2.01. The number of para-hydroxylation sites is 2. The molecule has 0 aliphatic carbocycles. The standard InChI is InChI=1S/C27H36N4O2/c1-5-20(3)31(21(4)6-2)27(33)19-30-24-15-11-10-14-23(24)29-25(30)16-17-28-26(32)18-22-12-8-7-9-13-22/h7-15,20-21H,5-6,16-19H2,1-4H3,(H,28,32). The van der Waals surface area contributed by atoms with Crippen molar-refractivity contribution in [3.63, 3.8) is 0 Å². The van der Waals surface area contributed by atoms with Crippen molar-refractivity contribution in [3.05, 3.63) is 66.0 Å². The van der Waals surface area contributed by atoms with Crippen molar-refractivity contribution in [3.8, 4) is 0 Å². The fourth-order valence-corrected chi connectivity index (χ4v) is 4.19. The van der Waals surface area contributed by atoms with Gasteiger partial charge in [0.05, 0.1) is 17.5 Å². The summed E-state index contributed by atoms with van der Waals surface area (Å²) in [7, 11) is 0. The fourth-order valence-electron chi connectivity index (χ4n) is 4.19. The third-order valence-corrected chi connectivity index (χ3v) is 6.32. The van der Waals surface area contributed by atoms with Gasteiger partial charge in [0.1, 0.15) is 12.4 Å². The highest BCUT2D eigenvalue weighted by atomic mass is 16.2. The van der Waals surface area contributed by atoms with E-state index in [2.05, 4.69) is 33.0 Å². The summed E-state index contributed by atoms with van der Waals surface area (Å²) in [5.74, 6) is 0.911. The minimum Gasteiger partial charge on any atom is -0.355 e. The lowest BCUT2D eigenvalue weighted by atomic mass is 10.1. The summed E-state index contributed by atoms with van der Waals surface area (Å²) in [4.78, 5) is 32.5. The first-order chi connectivity index (χ1) is 15.9. The van der Waals surface area contributed by atoms with Gasteiger partial charge in [0.15, 0.2) is 0 Å². The van der Waals surface area contributed by atoms with E-state index in [0.717, 1.165) is 35.3 Å². The number of aromatic nitrogens is 2. The van der Waals surface area contributed by atoms with E-state index in [4.69, 9.17) is 4.98 Å². The number of hydrogen-bond donors (Lipinski definition) is 1. The molecule has 3 aromatic rings. The molecule has 1 aromatic heterocycles. The Balaban J connectivity index is 1.73. The second-order valence-electron chi connectivity index (χ2n) is 8.68. The van der Waals surface area contributed by atoms with Crippen molar-refractivity contribution in [1.82, 2.24) is 19.8 Å². The second-order valence-corrected chi connectivity index (χ2v) is 8.68. The van der Waals surface area contributed by atoms with Gasteiger partial charge in [-0.2, -0.15) is 0 Å². The van der Waals surface area contributed by atoms with Crippen LogP contribution in [0.5, 0.6) is 0 Å². The van der Waals surface area contributed by atoms with Crippen LogP contribution in [0.1, 0.15) is 51.9 Å². The maximum Gasteiger partial charge on any atom is 0.243 e. The maximum absolute atomic E-state index is 13.4. The first kappa shape index (κ1) is 24.5. The molecule has 0 spiro atoms. The summed E-state index contributed by atoms with van der Waals surface area (Å²) >= 11 is 0. The Bertz CT molecular complexity index is 1050. The normalized spacial score (nSPS) is 13.0. The van der Waals surface area contributed by atoms with Gasteiger partial charge in [0.25, 0.3) is 0 Å². The number of fused-ring (bicyclic) bond motifs is 1. The van der Waals surface area contributed by atoms with Gasteiger partial charge in [0, 0.05) is 25.0 Å². The molecule has 2 atom stereocenters. The molecule has 6 heteroatoms. The molecule has 0 saturated carbocycles. The number of rotatable bonds is 11. The number of amides is 2. The highest BCUT2D eigenvalue weighted by molar-refractivity contribution is 5.82. The lowest BCUT2D eigenvalue weighted by Crippen LogP contribution is -2.46. The van der Waals surface area contributed by atoms with Crippen molar-refractivity contribution in [2.24, 2.45) is 0 Å². The van der Waals surface area contributed by atoms with Crippen LogP contribution in [0.4, 0.5) is 0 Å². The Hall–Kier alpha value is -3.15. The first-order valence-electron chi connectivity index (χ1n) is 12.0. The molecule has 0 fully saturated rings. The Morgan fingerprint density at radius 2 is 1.61 bits per heavy atom. The number of nitrogens with one attached hydrogen (secondary N) is 1. The van der Waals surface area contributed by atoms with Crippen molar-refractivity contribution >= 4 is 22.8 Å². The minimum absolute atomic E-state index is 0.0142. The van der Waals surface area contributed by atoms with Crippen LogP contribution in [0, 0.1) is 0 Å². The zero-order valence-corrected chi connectivity index (χ0v) is 20.3. The Labute approximate surface area is 197 Å². The lowest BCUT2D eigenvalue weighted by molar-refractivity contribution is -0.136.